The third-order valence-corrected chi connectivity index (χ3v) is 3.06. The van der Waals surface area contributed by atoms with E-state index in [1.165, 1.54) is 6.42 Å². The van der Waals surface area contributed by atoms with E-state index in [9.17, 15) is 9.90 Å². The summed E-state index contributed by atoms with van der Waals surface area (Å²) in [4.78, 5) is 11.3. The van der Waals surface area contributed by atoms with Crippen LogP contribution in [0.3, 0.4) is 0 Å². The zero-order valence-electron chi connectivity index (χ0n) is 9.32. The van der Waals surface area contributed by atoms with Crippen molar-refractivity contribution in [1.29, 1.82) is 0 Å². The first-order valence-corrected chi connectivity index (χ1v) is 5.77. The molecule has 0 spiro atoms. The SMILES string of the molecule is CCOC(=O)C(N)C(O)C1CCCCC1. The number of aliphatic hydroxyl groups excluding tert-OH is 1. The van der Waals surface area contributed by atoms with Gasteiger partial charge in [-0.1, -0.05) is 19.3 Å². The molecule has 15 heavy (non-hydrogen) atoms. The van der Waals surface area contributed by atoms with Crippen LogP contribution >= 0.6 is 0 Å². The van der Waals surface area contributed by atoms with Gasteiger partial charge in [0.1, 0.15) is 6.04 Å². The fraction of sp³-hybridized carbons (Fsp3) is 0.909. The van der Waals surface area contributed by atoms with E-state index >= 15 is 0 Å². The molecule has 1 fully saturated rings. The van der Waals surface area contributed by atoms with E-state index in [4.69, 9.17) is 10.5 Å². The molecule has 0 aliphatic heterocycles. The Morgan fingerprint density at radius 1 is 1.47 bits per heavy atom. The van der Waals surface area contributed by atoms with E-state index < -0.39 is 18.1 Å². The van der Waals surface area contributed by atoms with Crippen molar-refractivity contribution in [3.05, 3.63) is 0 Å². The van der Waals surface area contributed by atoms with Gasteiger partial charge >= 0.3 is 5.97 Å². The van der Waals surface area contributed by atoms with Gasteiger partial charge in [0, 0.05) is 0 Å². The molecule has 1 rings (SSSR count). The first-order valence-electron chi connectivity index (χ1n) is 5.77. The third kappa shape index (κ3) is 3.47. The molecule has 2 atom stereocenters. The molecule has 0 aromatic rings. The van der Waals surface area contributed by atoms with Gasteiger partial charge in [0.25, 0.3) is 0 Å². The number of carbonyl (C=O) groups is 1. The van der Waals surface area contributed by atoms with Crippen molar-refractivity contribution in [3.63, 3.8) is 0 Å². The second kappa shape index (κ2) is 6.08. The lowest BCUT2D eigenvalue weighted by Crippen LogP contribution is -2.47. The highest BCUT2D eigenvalue weighted by atomic mass is 16.5. The van der Waals surface area contributed by atoms with Crippen LogP contribution in [0.4, 0.5) is 0 Å². The van der Waals surface area contributed by atoms with Gasteiger partial charge in [-0.25, -0.2) is 0 Å². The fourth-order valence-electron chi connectivity index (χ4n) is 2.15. The average molecular weight is 215 g/mol. The molecular formula is C11H21NO3. The molecule has 0 radical (unpaired) electrons. The Hall–Kier alpha value is -0.610. The van der Waals surface area contributed by atoms with Crippen LogP contribution in [0.25, 0.3) is 0 Å². The van der Waals surface area contributed by atoms with Gasteiger partial charge in [0.05, 0.1) is 12.7 Å². The van der Waals surface area contributed by atoms with Gasteiger partial charge in [-0.05, 0) is 25.7 Å². The van der Waals surface area contributed by atoms with Crippen molar-refractivity contribution in [2.75, 3.05) is 6.61 Å². The van der Waals surface area contributed by atoms with Crippen LogP contribution in [0.2, 0.25) is 0 Å². The maximum absolute atomic E-state index is 11.3. The number of hydrogen-bond acceptors (Lipinski definition) is 4. The summed E-state index contributed by atoms with van der Waals surface area (Å²) in [5.41, 5.74) is 5.65. The molecular weight excluding hydrogens is 194 g/mol. The van der Waals surface area contributed by atoms with Gasteiger partial charge < -0.3 is 15.6 Å². The van der Waals surface area contributed by atoms with Crippen molar-refractivity contribution in [1.82, 2.24) is 0 Å². The van der Waals surface area contributed by atoms with E-state index in [1.54, 1.807) is 6.92 Å². The van der Waals surface area contributed by atoms with Crippen LogP contribution in [0.5, 0.6) is 0 Å². The molecule has 0 heterocycles. The maximum Gasteiger partial charge on any atom is 0.325 e. The van der Waals surface area contributed by atoms with E-state index in [0.29, 0.717) is 6.61 Å². The predicted molar refractivity (Wildman–Crippen MR) is 57.2 cm³/mol. The molecule has 0 aromatic carbocycles. The van der Waals surface area contributed by atoms with E-state index in [-0.39, 0.29) is 5.92 Å². The molecule has 1 saturated carbocycles. The Bertz CT molecular complexity index is 202. The van der Waals surface area contributed by atoms with Crippen LogP contribution in [-0.4, -0.2) is 29.8 Å². The predicted octanol–water partition coefficient (Wildman–Crippen LogP) is 0.818. The van der Waals surface area contributed by atoms with Crippen molar-refractivity contribution in [3.8, 4) is 0 Å². The average Bonchev–Trinajstić information content (AvgIpc) is 2.28. The largest absolute Gasteiger partial charge is 0.465 e. The molecule has 3 N–H and O–H groups in total. The van der Waals surface area contributed by atoms with Crippen molar-refractivity contribution in [2.45, 2.75) is 51.2 Å². The highest BCUT2D eigenvalue weighted by molar-refractivity contribution is 5.76. The third-order valence-electron chi connectivity index (χ3n) is 3.06. The first kappa shape index (κ1) is 12.5. The number of ether oxygens (including phenoxy) is 1. The summed E-state index contributed by atoms with van der Waals surface area (Å²) in [6.45, 7) is 2.04. The molecule has 0 saturated heterocycles. The molecule has 0 bridgehead atoms. The normalized spacial score (nSPS) is 22.1. The first-order chi connectivity index (χ1) is 7.16. The summed E-state index contributed by atoms with van der Waals surface area (Å²) >= 11 is 0. The molecule has 1 aliphatic carbocycles. The number of aliphatic hydroxyl groups is 1. The second-order valence-corrected chi connectivity index (χ2v) is 4.17. The van der Waals surface area contributed by atoms with Crippen LogP contribution in [0.15, 0.2) is 0 Å². The van der Waals surface area contributed by atoms with Gasteiger partial charge in [-0.15, -0.1) is 0 Å². The lowest BCUT2D eigenvalue weighted by molar-refractivity contribution is -0.148. The van der Waals surface area contributed by atoms with Crippen LogP contribution in [0, 0.1) is 5.92 Å². The minimum Gasteiger partial charge on any atom is -0.465 e. The lowest BCUT2D eigenvalue weighted by atomic mass is 9.83. The second-order valence-electron chi connectivity index (χ2n) is 4.17. The Morgan fingerprint density at radius 3 is 2.60 bits per heavy atom. The number of nitrogens with two attached hydrogens (primary N) is 1. The van der Waals surface area contributed by atoms with Gasteiger partial charge in [-0.2, -0.15) is 0 Å². The molecule has 0 aromatic heterocycles. The van der Waals surface area contributed by atoms with Crippen LogP contribution in [0.1, 0.15) is 39.0 Å². The summed E-state index contributed by atoms with van der Waals surface area (Å²) in [7, 11) is 0. The Morgan fingerprint density at radius 2 is 2.07 bits per heavy atom. The standard InChI is InChI=1S/C11H21NO3/c1-2-15-11(14)9(12)10(13)8-6-4-3-5-7-8/h8-10,13H,2-7,12H2,1H3. The summed E-state index contributed by atoms with van der Waals surface area (Å²) < 4.78 is 4.79. The van der Waals surface area contributed by atoms with E-state index in [0.717, 1.165) is 25.7 Å². The van der Waals surface area contributed by atoms with Gasteiger partial charge in [0.2, 0.25) is 0 Å². The molecule has 1 aliphatic rings. The smallest absolute Gasteiger partial charge is 0.325 e. The minimum atomic E-state index is -0.881. The monoisotopic (exact) mass is 215 g/mol. The van der Waals surface area contributed by atoms with Crippen molar-refractivity contribution >= 4 is 5.97 Å². The quantitative estimate of drug-likeness (QED) is 0.681. The molecule has 4 heteroatoms. The number of hydrogen-bond donors (Lipinski definition) is 2. The number of carbonyl (C=O) groups excluding carboxylic acids is 1. The van der Waals surface area contributed by atoms with Gasteiger partial charge in [0.15, 0.2) is 0 Å². The zero-order valence-corrected chi connectivity index (χ0v) is 9.32. The molecule has 4 nitrogen and oxygen atoms in total. The maximum atomic E-state index is 11.3. The number of rotatable bonds is 4. The van der Waals surface area contributed by atoms with E-state index in [2.05, 4.69) is 0 Å². The highest BCUT2D eigenvalue weighted by Gasteiger charge is 2.31. The molecule has 0 amide bonds. The zero-order chi connectivity index (χ0) is 11.3. The molecule has 88 valence electrons. The number of esters is 1. The molecule has 2 unspecified atom stereocenters. The highest BCUT2D eigenvalue weighted by Crippen LogP contribution is 2.27. The summed E-state index contributed by atoms with van der Waals surface area (Å²) in [5.74, 6) is -0.325. The van der Waals surface area contributed by atoms with Crippen LogP contribution in [-0.2, 0) is 9.53 Å². The van der Waals surface area contributed by atoms with Crippen molar-refractivity contribution in [2.24, 2.45) is 11.7 Å². The summed E-state index contributed by atoms with van der Waals surface area (Å²) in [5, 5.41) is 9.91. The Balaban J connectivity index is 2.43. The Kier molecular flexibility index (Phi) is 5.05. The minimum absolute atomic E-state index is 0.165. The van der Waals surface area contributed by atoms with Crippen LogP contribution < -0.4 is 5.73 Å². The lowest BCUT2D eigenvalue weighted by Gasteiger charge is -2.29. The fourth-order valence-corrected chi connectivity index (χ4v) is 2.15. The summed E-state index contributed by atoms with van der Waals surface area (Å²) in [6, 6.07) is -0.881. The topological polar surface area (TPSA) is 72.5 Å². The summed E-state index contributed by atoms with van der Waals surface area (Å²) in [6.07, 6.45) is 4.65. The van der Waals surface area contributed by atoms with E-state index in [1.807, 2.05) is 0 Å². The Labute approximate surface area is 90.8 Å². The van der Waals surface area contributed by atoms with Crippen molar-refractivity contribution < 1.29 is 14.6 Å². The van der Waals surface area contributed by atoms with Gasteiger partial charge in [-0.3, -0.25) is 4.79 Å².